The molecular formula is C13H14BrClN2O3. The molecule has 1 aliphatic heterocycles. The second-order valence-electron chi connectivity index (χ2n) is 4.85. The van der Waals surface area contributed by atoms with E-state index in [1.165, 1.54) is 0 Å². The molecule has 7 heteroatoms. The predicted octanol–water partition coefficient (Wildman–Crippen LogP) is 3.29. The van der Waals surface area contributed by atoms with Gasteiger partial charge in [0.05, 0.1) is 16.6 Å². The first kappa shape index (κ1) is 15.1. The van der Waals surface area contributed by atoms with E-state index in [0.717, 1.165) is 4.47 Å². The Bertz CT molecular complexity index is 546. The summed E-state index contributed by atoms with van der Waals surface area (Å²) in [7, 11) is 0. The first-order chi connectivity index (χ1) is 9.38. The minimum atomic E-state index is -0.829. The smallest absolute Gasteiger partial charge is 0.321 e. The van der Waals surface area contributed by atoms with E-state index in [2.05, 4.69) is 21.2 Å². The van der Waals surface area contributed by atoms with Crippen LogP contribution in [0.4, 0.5) is 10.5 Å². The number of nitrogens with one attached hydrogen (secondary N) is 1. The maximum atomic E-state index is 12.0. The number of benzene rings is 1. The topological polar surface area (TPSA) is 69.6 Å². The van der Waals surface area contributed by atoms with Crippen LogP contribution in [0, 0.1) is 11.8 Å². The second kappa shape index (κ2) is 6.01. The summed E-state index contributed by atoms with van der Waals surface area (Å²) >= 11 is 9.31. The molecule has 0 bridgehead atoms. The number of likely N-dealkylation sites (tertiary alicyclic amines) is 1. The Balaban J connectivity index is 1.92. The van der Waals surface area contributed by atoms with Gasteiger partial charge in [-0.25, -0.2) is 4.79 Å². The van der Waals surface area contributed by atoms with Crippen LogP contribution in [0.2, 0.25) is 5.02 Å². The molecule has 1 saturated heterocycles. The molecular weight excluding hydrogens is 348 g/mol. The molecule has 5 nitrogen and oxygen atoms in total. The van der Waals surface area contributed by atoms with Crippen molar-refractivity contribution in [2.24, 2.45) is 11.8 Å². The van der Waals surface area contributed by atoms with E-state index in [-0.39, 0.29) is 11.9 Å². The van der Waals surface area contributed by atoms with Gasteiger partial charge in [-0.05, 0) is 18.2 Å². The Morgan fingerprint density at radius 2 is 2.15 bits per heavy atom. The van der Waals surface area contributed by atoms with Gasteiger partial charge in [-0.15, -0.1) is 0 Å². The van der Waals surface area contributed by atoms with Crippen LogP contribution < -0.4 is 5.32 Å². The number of hydrogen-bond donors (Lipinski definition) is 2. The van der Waals surface area contributed by atoms with E-state index >= 15 is 0 Å². The van der Waals surface area contributed by atoms with Crippen molar-refractivity contribution in [2.75, 3.05) is 18.4 Å². The molecule has 1 atom stereocenters. The van der Waals surface area contributed by atoms with Crippen molar-refractivity contribution in [2.45, 2.75) is 6.92 Å². The number of hydrogen-bond acceptors (Lipinski definition) is 2. The summed E-state index contributed by atoms with van der Waals surface area (Å²) in [6.45, 7) is 2.56. The molecule has 2 amide bonds. The Labute approximate surface area is 130 Å². The third kappa shape index (κ3) is 3.24. The Morgan fingerprint density at radius 1 is 1.50 bits per heavy atom. The fraction of sp³-hybridized carbons (Fsp3) is 0.385. The highest BCUT2D eigenvalue weighted by atomic mass is 79.9. The second-order valence-corrected chi connectivity index (χ2v) is 6.17. The number of nitrogens with zero attached hydrogens (tertiary/aromatic N) is 1. The lowest BCUT2D eigenvalue weighted by molar-refractivity contribution is -0.144. The SMILES string of the molecule is CC(C(=O)O)C1CN(C(=O)Nc2cc(Br)ccc2Cl)C1. The highest BCUT2D eigenvalue weighted by molar-refractivity contribution is 9.10. The molecule has 1 fully saturated rings. The summed E-state index contributed by atoms with van der Waals surface area (Å²) in [5, 5.41) is 12.1. The fourth-order valence-corrected chi connectivity index (χ4v) is 2.51. The molecule has 0 aromatic heterocycles. The standard InChI is InChI=1S/C13H14BrClN2O3/c1-7(12(18)19)8-5-17(6-8)13(20)16-11-4-9(14)2-3-10(11)15/h2-4,7-8H,5-6H2,1H3,(H,16,20)(H,18,19). The van der Waals surface area contributed by atoms with E-state index in [1.54, 1.807) is 30.0 Å². The maximum Gasteiger partial charge on any atom is 0.321 e. The van der Waals surface area contributed by atoms with Crippen LogP contribution in [0.15, 0.2) is 22.7 Å². The van der Waals surface area contributed by atoms with Gasteiger partial charge in [-0.3, -0.25) is 4.79 Å². The molecule has 0 aliphatic carbocycles. The molecule has 1 heterocycles. The lowest BCUT2D eigenvalue weighted by Crippen LogP contribution is -2.54. The molecule has 0 saturated carbocycles. The number of carboxylic acid groups (broad SMARTS) is 1. The molecule has 2 N–H and O–H groups in total. The van der Waals surface area contributed by atoms with Crippen LogP contribution in [0.3, 0.4) is 0 Å². The van der Waals surface area contributed by atoms with Crippen molar-refractivity contribution >= 4 is 45.2 Å². The number of amides is 2. The van der Waals surface area contributed by atoms with Gasteiger partial charge in [0, 0.05) is 23.5 Å². The van der Waals surface area contributed by atoms with Gasteiger partial charge in [0.1, 0.15) is 0 Å². The van der Waals surface area contributed by atoms with Crippen LogP contribution in [0.25, 0.3) is 0 Å². The number of anilines is 1. The third-order valence-corrected chi connectivity index (χ3v) is 4.29. The van der Waals surface area contributed by atoms with Crippen molar-refractivity contribution in [3.8, 4) is 0 Å². The van der Waals surface area contributed by atoms with Crippen LogP contribution in [-0.4, -0.2) is 35.1 Å². The fourth-order valence-electron chi connectivity index (χ4n) is 1.98. The molecule has 1 aromatic carbocycles. The van der Waals surface area contributed by atoms with E-state index in [9.17, 15) is 9.59 Å². The lowest BCUT2D eigenvalue weighted by atomic mass is 9.87. The van der Waals surface area contributed by atoms with E-state index in [0.29, 0.717) is 23.8 Å². The van der Waals surface area contributed by atoms with Gasteiger partial charge in [0.15, 0.2) is 0 Å². The van der Waals surface area contributed by atoms with Crippen molar-refractivity contribution < 1.29 is 14.7 Å². The zero-order valence-corrected chi connectivity index (χ0v) is 13.1. The average Bonchev–Trinajstić information content (AvgIpc) is 2.31. The minimum absolute atomic E-state index is 0.0104. The first-order valence-corrected chi connectivity index (χ1v) is 7.29. The molecule has 1 aromatic rings. The minimum Gasteiger partial charge on any atom is -0.481 e. The van der Waals surface area contributed by atoms with Crippen LogP contribution in [0.1, 0.15) is 6.92 Å². The van der Waals surface area contributed by atoms with Gasteiger partial charge in [0.25, 0.3) is 0 Å². The third-order valence-electron chi connectivity index (χ3n) is 3.46. The quantitative estimate of drug-likeness (QED) is 0.868. The Kier molecular flexibility index (Phi) is 4.55. The van der Waals surface area contributed by atoms with Gasteiger partial charge in [-0.1, -0.05) is 34.5 Å². The number of rotatable bonds is 3. The predicted molar refractivity (Wildman–Crippen MR) is 80.0 cm³/mol. The van der Waals surface area contributed by atoms with Crippen LogP contribution in [0.5, 0.6) is 0 Å². The monoisotopic (exact) mass is 360 g/mol. The van der Waals surface area contributed by atoms with Crippen molar-refractivity contribution in [3.63, 3.8) is 0 Å². The number of carbonyl (C=O) groups is 2. The Morgan fingerprint density at radius 3 is 2.75 bits per heavy atom. The zero-order valence-electron chi connectivity index (χ0n) is 10.8. The molecule has 20 heavy (non-hydrogen) atoms. The molecule has 1 unspecified atom stereocenters. The van der Waals surface area contributed by atoms with E-state index in [1.807, 2.05) is 0 Å². The summed E-state index contributed by atoms with van der Waals surface area (Å²) in [6, 6.07) is 4.93. The molecule has 0 radical (unpaired) electrons. The average molecular weight is 362 g/mol. The number of urea groups is 1. The summed E-state index contributed by atoms with van der Waals surface area (Å²) < 4.78 is 0.818. The van der Waals surface area contributed by atoms with Gasteiger partial charge in [-0.2, -0.15) is 0 Å². The zero-order chi connectivity index (χ0) is 14.9. The van der Waals surface area contributed by atoms with E-state index < -0.39 is 11.9 Å². The van der Waals surface area contributed by atoms with Crippen molar-refractivity contribution in [1.82, 2.24) is 4.90 Å². The maximum absolute atomic E-state index is 12.0. The summed E-state index contributed by atoms with van der Waals surface area (Å²) in [4.78, 5) is 24.4. The molecule has 1 aliphatic rings. The molecule has 108 valence electrons. The van der Waals surface area contributed by atoms with Gasteiger partial charge < -0.3 is 15.3 Å². The number of halogens is 2. The molecule has 2 rings (SSSR count). The summed E-state index contributed by atoms with van der Waals surface area (Å²) in [6.07, 6.45) is 0. The number of carbonyl (C=O) groups excluding carboxylic acids is 1. The summed E-state index contributed by atoms with van der Waals surface area (Å²) in [5.74, 6) is -1.25. The van der Waals surface area contributed by atoms with Gasteiger partial charge >= 0.3 is 12.0 Å². The lowest BCUT2D eigenvalue weighted by Gasteiger charge is -2.41. The van der Waals surface area contributed by atoms with Crippen molar-refractivity contribution in [3.05, 3.63) is 27.7 Å². The van der Waals surface area contributed by atoms with Crippen LogP contribution in [-0.2, 0) is 4.79 Å². The van der Waals surface area contributed by atoms with Crippen LogP contribution >= 0.6 is 27.5 Å². The van der Waals surface area contributed by atoms with E-state index in [4.69, 9.17) is 16.7 Å². The summed E-state index contributed by atoms with van der Waals surface area (Å²) in [5.41, 5.74) is 0.528. The number of carboxylic acids is 1. The highest BCUT2D eigenvalue weighted by Gasteiger charge is 2.37. The number of aliphatic carboxylic acids is 1. The normalized spacial score (nSPS) is 16.4. The first-order valence-electron chi connectivity index (χ1n) is 6.12. The Hall–Kier alpha value is -1.27. The van der Waals surface area contributed by atoms with Gasteiger partial charge in [0.2, 0.25) is 0 Å². The molecule has 0 spiro atoms. The largest absolute Gasteiger partial charge is 0.481 e. The highest BCUT2D eigenvalue weighted by Crippen LogP contribution is 2.28. The van der Waals surface area contributed by atoms with Crippen molar-refractivity contribution in [1.29, 1.82) is 0 Å².